The summed E-state index contributed by atoms with van der Waals surface area (Å²) in [5, 5.41) is 27.1. The smallest absolute Gasteiger partial charge is 0.383 e. The van der Waals surface area contributed by atoms with Crippen molar-refractivity contribution in [1.82, 2.24) is 39.4 Å². The Morgan fingerprint density at radius 1 is 1.15 bits per heavy atom. The summed E-state index contributed by atoms with van der Waals surface area (Å²) >= 11 is 8.88. The Kier molecular flexibility index (Phi) is 10.9. The molecule has 21 nitrogen and oxygen atoms in total. The molecule has 25 heteroatoms. The fourth-order valence-corrected chi connectivity index (χ4v) is 8.39. The first-order valence-corrected chi connectivity index (χ1v) is 21.4. The van der Waals surface area contributed by atoms with Gasteiger partial charge in [0.05, 0.1) is 37.6 Å². The first kappa shape index (κ1) is 37.4. The molecule has 0 aromatic carbocycles. The van der Waals surface area contributed by atoms with Crippen molar-refractivity contribution in [3.05, 3.63) is 30.2 Å². The zero-order valence-electron chi connectivity index (χ0n) is 27.2. The van der Waals surface area contributed by atoms with E-state index >= 15 is 0 Å². The molecule has 4 aromatic rings. The van der Waals surface area contributed by atoms with E-state index < -0.39 is 63.3 Å². The maximum atomic E-state index is 11.8. The van der Waals surface area contributed by atoms with Gasteiger partial charge in [0.15, 0.2) is 23.5 Å². The Labute approximate surface area is 305 Å². The Hall–Kier alpha value is -2.89. The minimum Gasteiger partial charge on any atom is -0.387 e. The van der Waals surface area contributed by atoms with Gasteiger partial charge in [0.1, 0.15) is 54.5 Å². The molecule has 0 saturated carbocycles. The molecule has 7 heterocycles. The molecule has 282 valence electrons. The van der Waals surface area contributed by atoms with E-state index in [1.54, 1.807) is 0 Å². The Bertz CT molecular complexity index is 2070. The molecular weight excluding hydrogens is 766 g/mol. The van der Waals surface area contributed by atoms with Gasteiger partial charge in [-0.3, -0.25) is 18.4 Å². The molecule has 3 aliphatic heterocycles. The van der Waals surface area contributed by atoms with E-state index in [2.05, 4.69) is 47.8 Å². The number of nitrogens with zero attached hydrogens (tertiary/aromatic N) is 7. The highest BCUT2D eigenvalue weighted by Gasteiger charge is 2.49. The third-order valence-electron chi connectivity index (χ3n) is 8.75. The van der Waals surface area contributed by atoms with Crippen molar-refractivity contribution in [1.29, 1.82) is 0 Å². The van der Waals surface area contributed by atoms with Crippen LogP contribution in [0.5, 0.6) is 0 Å². The van der Waals surface area contributed by atoms with Crippen molar-refractivity contribution in [2.45, 2.75) is 69.1 Å². The first-order chi connectivity index (χ1) is 24.8. The Morgan fingerprint density at radius 3 is 2.77 bits per heavy atom. The van der Waals surface area contributed by atoms with Crippen LogP contribution in [0.3, 0.4) is 0 Å². The molecule has 2 unspecified atom stereocenters. The number of aliphatic hydroxyl groups is 2. The molecule has 8 N–H and O–H groups in total. The van der Waals surface area contributed by atoms with E-state index in [0.29, 0.717) is 12.8 Å². The van der Waals surface area contributed by atoms with Crippen LogP contribution in [0.25, 0.3) is 22.2 Å². The topological polar surface area (TPSA) is 286 Å². The molecule has 0 bridgehead atoms. The molecule has 2 fully saturated rings. The van der Waals surface area contributed by atoms with Gasteiger partial charge in [0, 0.05) is 12.7 Å². The second-order valence-corrected chi connectivity index (χ2v) is 17.8. The van der Waals surface area contributed by atoms with Crippen LogP contribution in [-0.2, 0) is 57.2 Å². The van der Waals surface area contributed by atoms with Crippen LogP contribution in [0, 0.1) is 0 Å². The van der Waals surface area contributed by atoms with Crippen molar-refractivity contribution < 1.29 is 52.4 Å². The molecule has 1 amide bonds. The summed E-state index contributed by atoms with van der Waals surface area (Å²) in [5.41, 5.74) is 8.22. The number of nitrogen functional groups attached to an aromatic ring is 1. The Balaban J connectivity index is 1.07. The van der Waals surface area contributed by atoms with Gasteiger partial charge in [-0.1, -0.05) is 12.2 Å². The van der Waals surface area contributed by atoms with Crippen molar-refractivity contribution in [3.63, 3.8) is 0 Å². The molecule has 8 atom stereocenters. The summed E-state index contributed by atoms with van der Waals surface area (Å²) in [6, 6.07) is 0. The molecule has 52 heavy (non-hydrogen) atoms. The van der Waals surface area contributed by atoms with Gasteiger partial charge in [-0.15, -0.1) is 0 Å². The molecule has 2 saturated heterocycles. The lowest BCUT2D eigenvalue weighted by atomic mass is 10.1. The predicted molar refractivity (Wildman–Crippen MR) is 188 cm³/mol. The summed E-state index contributed by atoms with van der Waals surface area (Å²) < 4.78 is 43.9. The van der Waals surface area contributed by atoms with Crippen LogP contribution in [0.4, 0.5) is 11.6 Å². The number of carbonyl (C=O) groups excluding carboxylic acids is 1. The number of aromatic nitrogens is 7. The molecule has 3 aliphatic rings. The van der Waals surface area contributed by atoms with Gasteiger partial charge in [-0.05, 0) is 43.1 Å². The largest absolute Gasteiger partial charge is 0.387 e. The van der Waals surface area contributed by atoms with E-state index in [-0.39, 0.29) is 42.2 Å². The summed E-state index contributed by atoms with van der Waals surface area (Å²) in [6.45, 7) is -9.26. The predicted octanol–water partition coefficient (Wildman–Crippen LogP) is 0.421. The van der Waals surface area contributed by atoms with Gasteiger partial charge < -0.3 is 54.9 Å². The van der Waals surface area contributed by atoms with Crippen LogP contribution in [0.15, 0.2) is 18.9 Å². The number of amides is 1. The lowest BCUT2D eigenvalue weighted by Crippen LogP contribution is -2.35. The van der Waals surface area contributed by atoms with Crippen LogP contribution < -0.4 is 16.4 Å². The van der Waals surface area contributed by atoms with Gasteiger partial charge in [0.2, 0.25) is 5.91 Å². The van der Waals surface area contributed by atoms with Gasteiger partial charge in [0.25, 0.3) is 0 Å². The molecule has 0 aliphatic carbocycles. The number of nitrogens with one attached hydrogen (secondary N) is 2. The number of hydrogen-bond acceptors (Lipinski definition) is 17. The number of ether oxygens (including phenoxy) is 2. The third-order valence-corrected chi connectivity index (χ3v) is 11.1. The number of anilines is 2. The summed E-state index contributed by atoms with van der Waals surface area (Å²) in [6.07, 6.45) is 1.45. The Morgan fingerprint density at radius 2 is 1.98 bits per heavy atom. The van der Waals surface area contributed by atoms with E-state index in [0.717, 1.165) is 41.8 Å². The number of aliphatic hydroxyl groups excluding tert-OH is 2. The van der Waals surface area contributed by atoms with E-state index in [9.17, 15) is 24.3 Å². The number of rotatable bonds is 13. The van der Waals surface area contributed by atoms with E-state index in [1.165, 1.54) is 17.2 Å². The summed E-state index contributed by atoms with van der Waals surface area (Å²) in [4.78, 5) is 54.1. The van der Waals surface area contributed by atoms with Gasteiger partial charge in [-0.2, -0.15) is 0 Å². The number of fused-ring (bicyclic) bond motifs is 1. The normalized spacial score (nSPS) is 26.9. The SMILES string of the molecule is Nc1nc(CNC(=O)CO)nc2c1ncn2[C@@H]1O[C@H](COP(=O)(O)S)[C@@H](O)[C@H]1OP(O)(=S)OC[C@@H]1CC[C@H](n2cc3c4c(ncnc42)NCCC3)O1. The highest BCUT2D eigenvalue weighted by Crippen LogP contribution is 2.52. The minimum absolute atomic E-state index is 0.0495. The van der Waals surface area contributed by atoms with Gasteiger partial charge >= 0.3 is 13.5 Å². The maximum Gasteiger partial charge on any atom is 0.383 e. The van der Waals surface area contributed by atoms with Crippen LogP contribution in [0.2, 0.25) is 0 Å². The monoisotopic (exact) mass is 802 g/mol. The fraction of sp³-hybridized carbons (Fsp3) is 0.556. The number of imidazole rings is 1. The first-order valence-electron chi connectivity index (χ1n) is 16.1. The van der Waals surface area contributed by atoms with Crippen molar-refractivity contribution in [3.8, 4) is 0 Å². The zero-order valence-corrected chi connectivity index (χ0v) is 30.7. The summed E-state index contributed by atoms with van der Waals surface area (Å²) in [5.74, 6) is 0.130. The maximum absolute atomic E-state index is 11.8. The standard InChI is InChI=1S/C27H36N10O11P2S2/c28-23-20-26(35-16(34-23)6-30-17(39)8-38)37(12-33-20)27-22(21(40)15(47-27)10-44-49(41,42)51)48-50(43,52)45-9-14-3-4-18(46-14)36-7-13-2-1-5-29-24-19(13)25(36)32-11-31-24/h7,11-12,14-15,18,21-22,27,38,40H,1-6,8-10H2,(H,30,39)(H,43,52)(H2,28,34,35)(H,29,31,32)(H2,41,42,51)/t14-,15+,18+,21+,22+,27+,50?/m0/s1. The highest BCUT2D eigenvalue weighted by molar-refractivity contribution is 8.44. The third kappa shape index (κ3) is 7.97. The number of nitrogens with two attached hydrogens (primary N) is 1. The number of hydrogen-bond donors (Lipinski definition) is 8. The zero-order chi connectivity index (χ0) is 36.8. The van der Waals surface area contributed by atoms with Gasteiger partial charge in [-0.25, -0.2) is 29.5 Å². The minimum atomic E-state index is -4.28. The van der Waals surface area contributed by atoms with Crippen molar-refractivity contribution >= 4 is 77.3 Å². The van der Waals surface area contributed by atoms with Crippen LogP contribution >= 0.6 is 25.8 Å². The van der Waals surface area contributed by atoms with Crippen LogP contribution in [0.1, 0.15) is 43.1 Å². The lowest BCUT2D eigenvalue weighted by Gasteiger charge is -2.26. The fourth-order valence-electron chi connectivity index (χ4n) is 6.41. The summed E-state index contributed by atoms with van der Waals surface area (Å²) in [7, 11) is 0. The molecule has 7 rings (SSSR count). The highest BCUT2D eigenvalue weighted by atomic mass is 32.7. The van der Waals surface area contributed by atoms with Crippen molar-refractivity contribution in [2.24, 2.45) is 0 Å². The molecular formula is C27H36N10O11P2S2. The molecule has 0 radical (unpaired) electrons. The van der Waals surface area contributed by atoms with Crippen LogP contribution in [-0.4, -0.2) is 111 Å². The number of aryl methyl sites for hydroxylation is 1. The van der Waals surface area contributed by atoms with E-state index in [4.69, 9.17) is 45.7 Å². The van der Waals surface area contributed by atoms with E-state index in [1.807, 2.05) is 10.8 Å². The lowest BCUT2D eigenvalue weighted by molar-refractivity contribution is -0.124. The average Bonchev–Trinajstić information content (AvgIpc) is 3.86. The molecule has 4 aromatic heterocycles. The molecule has 0 spiro atoms. The number of thiol groups is 1. The second kappa shape index (κ2) is 15.1. The average molecular weight is 803 g/mol. The quantitative estimate of drug-likeness (QED) is 0.0671. The van der Waals surface area contributed by atoms with Crippen molar-refractivity contribution in [2.75, 3.05) is 37.4 Å². The second-order valence-electron chi connectivity index (χ2n) is 12.3. The number of carbonyl (C=O) groups is 1.